The first kappa shape index (κ1) is 26.9. The van der Waals surface area contributed by atoms with E-state index in [0.717, 1.165) is 5.69 Å². The summed E-state index contributed by atoms with van der Waals surface area (Å²) in [5.74, 6) is 0.323. The van der Waals surface area contributed by atoms with Crippen LogP contribution in [0.1, 0.15) is 27.8 Å². The fourth-order valence-electron chi connectivity index (χ4n) is 27.1. The van der Waals surface area contributed by atoms with Gasteiger partial charge < -0.3 is 4.90 Å². The molecule has 1 amide bonds. The number of benzene rings is 19. The first-order valence-electron chi connectivity index (χ1n) is 27.1. The number of hydrogen-bond donors (Lipinski definition) is 0. The van der Waals surface area contributed by atoms with Crippen LogP contribution in [-0.2, 0) is 21.0 Å². The van der Waals surface area contributed by atoms with Crippen molar-refractivity contribution in [3.63, 3.8) is 0 Å². The summed E-state index contributed by atoms with van der Waals surface area (Å²) in [4.78, 5) is 19.7. The molecule has 0 unspecified atom stereocenters. The lowest BCUT2D eigenvalue weighted by molar-refractivity contribution is -0.120. The van der Waals surface area contributed by atoms with Crippen LogP contribution >= 0.6 is 0 Å². The van der Waals surface area contributed by atoms with Crippen molar-refractivity contribution >= 4 is 302 Å². The van der Waals surface area contributed by atoms with Crippen molar-refractivity contribution in [2.75, 3.05) is 11.4 Å². The minimum Gasteiger partial charge on any atom is -0.307 e. The molecule has 29 aromatic carbocycles. The normalized spacial score (nSPS) is 24.4. The maximum absolute atomic E-state index is 17.5. The average Bonchev–Trinajstić information content (AvgIpc) is 3.00. The standard InChI is InChI=1S/C71H9NO/c1-2-7-72-9-6-4-3-5-8(9)69(68(72)73)70-64-56-48-38-28-20-12-10-11-14-18-16(12)24-32-26(18)36-30-22(14)23-15(11)19-17-13(10)21(20)29-35-25(17)33-27(19)37-31(23)41-40(30)50-44(36)54-46(32)52(42(48)34(24)28)60(64)62(54)66-58(50)59-51(41)45(37)55-47(33)53-43(35)49(39(29)38)57(56)65(70)61(53)63(55)67(59)71(66,69)70/h2-6H,1,7H2. The maximum Gasteiger partial charge on any atom is 0.240 e. The largest absolute Gasteiger partial charge is 0.307 e. The third-order valence-electron chi connectivity index (χ3n) is 26.9. The summed E-state index contributed by atoms with van der Waals surface area (Å²) in [5.41, 5.74) is 6.63. The number of carbonyl (C=O) groups is 1. The number of hydrogen-bond acceptors (Lipinski definition) is 1. The van der Waals surface area contributed by atoms with Crippen LogP contribution in [0.2, 0.25) is 0 Å². The van der Waals surface area contributed by atoms with Gasteiger partial charge in [-0.15, -0.1) is 6.58 Å². The Bertz CT molecular complexity index is 7100. The molecule has 29 aromatic rings. The lowest BCUT2D eigenvalue weighted by atomic mass is 9.68. The van der Waals surface area contributed by atoms with E-state index in [9.17, 15) is 0 Å². The number of amides is 1. The van der Waals surface area contributed by atoms with Crippen LogP contribution < -0.4 is 4.90 Å². The second-order valence-electron chi connectivity index (χ2n) is 26.7. The average molecular weight is 892 g/mol. The van der Waals surface area contributed by atoms with E-state index in [1.54, 1.807) is 313 Å². The number of carbonyl (C=O) groups excluding carboxylic acids is 1. The van der Waals surface area contributed by atoms with Gasteiger partial charge in [-0.3, -0.25) is 4.79 Å². The van der Waals surface area contributed by atoms with E-state index in [4.69, 9.17) is 0 Å². The van der Waals surface area contributed by atoms with E-state index in [-0.39, 0.29) is 0 Å². The second-order valence-corrected chi connectivity index (χ2v) is 26.7. The molecule has 3 spiro atoms. The maximum atomic E-state index is 17.5. The van der Waals surface area contributed by atoms with Gasteiger partial charge in [0, 0.05) is 12.2 Å². The predicted molar refractivity (Wildman–Crippen MR) is 305 cm³/mol. The molecular formula is C71H9NO. The molecule has 1 aliphatic heterocycles. The molecule has 1 heterocycles. The van der Waals surface area contributed by atoms with Crippen molar-refractivity contribution in [2.24, 2.45) is 0 Å². The van der Waals surface area contributed by atoms with Gasteiger partial charge in [-0.25, -0.2) is 0 Å². The Labute approximate surface area is 397 Å². The molecule has 35 rings (SSSR count). The van der Waals surface area contributed by atoms with E-state index in [1.165, 1.54) is 5.56 Å². The SMILES string of the molecule is C=CCN1C(=O)C2(c3ccccc31)C13c4c5c6c7c8c9c(c%10c%11c1c1c4c4c%12c5c5c6c6c8c8c%13c9c9c%10c%10c%11c%11c1c1c4c4c%12c%12c5c5c6c8c6c8c%13c9c9c%10c%10c%11c1c1c4c4c%12c5c6c5c8c9c%10c1c45)C723. The van der Waals surface area contributed by atoms with Crippen molar-refractivity contribution in [3.8, 4) is 0 Å². The summed E-state index contributed by atoms with van der Waals surface area (Å²) >= 11 is 0. The molecular weight excluding hydrogens is 883 g/mol. The minimum atomic E-state index is -0.857. The molecule has 2 nitrogen and oxygen atoms in total. The second kappa shape index (κ2) is 5.97. The van der Waals surface area contributed by atoms with Crippen molar-refractivity contribution < 1.29 is 4.79 Å². The van der Waals surface area contributed by atoms with Crippen LogP contribution in [0.3, 0.4) is 0 Å². The molecule has 0 radical (unpaired) electrons. The highest BCUT2D eigenvalue weighted by atomic mass is 16.2. The van der Waals surface area contributed by atoms with Crippen LogP contribution in [0.5, 0.6) is 0 Å². The van der Waals surface area contributed by atoms with Crippen LogP contribution in [0.25, 0.3) is 291 Å². The van der Waals surface area contributed by atoms with E-state index >= 15 is 4.79 Å². The van der Waals surface area contributed by atoms with E-state index in [2.05, 4.69) is 35.7 Å². The first-order valence-corrected chi connectivity index (χ1v) is 27.1. The summed E-state index contributed by atoms with van der Waals surface area (Å²) in [7, 11) is 0. The van der Waals surface area contributed by atoms with Gasteiger partial charge in [0.05, 0.1) is 10.8 Å². The zero-order chi connectivity index (χ0) is 43.5. The van der Waals surface area contributed by atoms with E-state index < -0.39 is 16.2 Å². The van der Waals surface area contributed by atoms with Gasteiger partial charge in [0.25, 0.3) is 0 Å². The summed E-state index contributed by atoms with van der Waals surface area (Å²) < 4.78 is 0. The summed E-state index contributed by atoms with van der Waals surface area (Å²) in [6, 6.07) is 9.24. The molecule has 0 atom stereocenters. The Balaban J connectivity index is 1.14. The zero-order valence-electron chi connectivity index (χ0n) is 37.2. The monoisotopic (exact) mass is 891 g/mol. The first-order chi connectivity index (χ1) is 36.3. The van der Waals surface area contributed by atoms with Gasteiger partial charge in [0.1, 0.15) is 5.41 Å². The Morgan fingerprint density at radius 3 is 0.685 bits per heavy atom. The molecule has 1 fully saturated rings. The molecule has 0 N–H and O–H groups in total. The van der Waals surface area contributed by atoms with Crippen LogP contribution in [0, 0.1) is 0 Å². The van der Waals surface area contributed by atoms with Crippen LogP contribution in [0.15, 0.2) is 36.9 Å². The zero-order valence-corrected chi connectivity index (χ0v) is 37.2. The topological polar surface area (TPSA) is 20.3 Å². The number of nitrogens with zero attached hydrogens (tertiary/aromatic N) is 1. The molecule has 6 aliphatic rings. The number of fused-ring (bicyclic) bond motifs is 2. The minimum absolute atomic E-state index is 0.323. The highest BCUT2D eigenvalue weighted by Gasteiger charge is 2.99. The van der Waals surface area contributed by atoms with E-state index in [1.807, 2.05) is 6.08 Å². The molecule has 0 saturated heterocycles. The Morgan fingerprint density at radius 1 is 0.288 bits per heavy atom. The summed E-state index contributed by atoms with van der Waals surface area (Å²) in [5, 5.41) is 86.1. The predicted octanol–water partition coefficient (Wildman–Crippen LogP) is 17.8. The highest BCUT2D eigenvalue weighted by molar-refractivity contribution is 6.82. The summed E-state index contributed by atoms with van der Waals surface area (Å²) in [6.45, 7) is 4.89. The fourth-order valence-corrected chi connectivity index (χ4v) is 27.1. The summed E-state index contributed by atoms with van der Waals surface area (Å²) in [6.07, 6.45) is 2.00. The van der Waals surface area contributed by atoms with Crippen LogP contribution in [0.4, 0.5) is 5.69 Å². The van der Waals surface area contributed by atoms with Crippen molar-refractivity contribution in [2.45, 2.75) is 16.2 Å². The highest BCUT2D eigenvalue weighted by Crippen LogP contribution is 2.97. The molecule has 304 valence electrons. The van der Waals surface area contributed by atoms with Gasteiger partial charge in [-0.1, -0.05) is 24.3 Å². The third-order valence-corrected chi connectivity index (χ3v) is 26.9. The van der Waals surface area contributed by atoms with Gasteiger partial charge in [0.2, 0.25) is 5.91 Å². The number of rotatable bonds is 2. The lowest BCUT2D eigenvalue weighted by Gasteiger charge is -2.32. The van der Waals surface area contributed by atoms with Crippen molar-refractivity contribution in [1.29, 1.82) is 0 Å². The molecule has 0 aromatic heterocycles. The Hall–Kier alpha value is -9.11. The van der Waals surface area contributed by atoms with Crippen molar-refractivity contribution in [1.82, 2.24) is 0 Å². The Kier molecular flexibility index (Phi) is 2.20. The van der Waals surface area contributed by atoms with Gasteiger partial charge in [0.15, 0.2) is 0 Å². The molecule has 73 heavy (non-hydrogen) atoms. The van der Waals surface area contributed by atoms with Crippen molar-refractivity contribution in [3.05, 3.63) is 64.7 Å². The number of anilines is 1. The van der Waals surface area contributed by atoms with E-state index in [0.29, 0.717) is 12.5 Å². The molecule has 1 saturated carbocycles. The molecule has 2 heteroatoms. The smallest absolute Gasteiger partial charge is 0.240 e. The number of para-hydroxylation sites is 1. The third kappa shape index (κ3) is 1.36. The quantitative estimate of drug-likeness (QED) is 0.125. The fraction of sp³-hybridized carbons (Fsp3) is 0.0563. The van der Waals surface area contributed by atoms with Gasteiger partial charge in [-0.2, -0.15) is 0 Å². The molecule has 5 aliphatic carbocycles. The van der Waals surface area contributed by atoms with Gasteiger partial charge >= 0.3 is 0 Å². The van der Waals surface area contributed by atoms with Crippen LogP contribution in [-0.4, -0.2) is 12.5 Å². The van der Waals surface area contributed by atoms with Gasteiger partial charge in [-0.05, 0) is 325 Å². The Morgan fingerprint density at radius 2 is 0.479 bits per heavy atom. The molecule has 0 bridgehead atoms. The lowest BCUT2D eigenvalue weighted by Crippen LogP contribution is -2.37.